The predicted octanol–water partition coefficient (Wildman–Crippen LogP) is 2.20. The van der Waals surface area contributed by atoms with Gasteiger partial charge in [-0.1, -0.05) is 0 Å². The molecule has 0 aliphatic heterocycles. The number of ether oxygens (including phenoxy) is 1. The molecule has 0 radical (unpaired) electrons. The van der Waals surface area contributed by atoms with Crippen molar-refractivity contribution in [2.45, 2.75) is 44.8 Å². The van der Waals surface area contributed by atoms with Gasteiger partial charge in [-0.15, -0.1) is 0 Å². The largest absolute Gasteiger partial charge is 0.465 e. The Balaban J connectivity index is 1.51. The molecule has 0 spiro atoms. The van der Waals surface area contributed by atoms with E-state index < -0.39 is 0 Å². The minimum Gasteiger partial charge on any atom is -0.465 e. The highest BCUT2D eigenvalue weighted by Crippen LogP contribution is 2.54. The molecule has 5 rings (SSSR count). The molecule has 0 unspecified atom stereocenters. The lowest BCUT2D eigenvalue weighted by molar-refractivity contribution is -0.0790. The van der Waals surface area contributed by atoms with Crippen molar-refractivity contribution in [3.63, 3.8) is 0 Å². The monoisotopic (exact) mass is 265 g/mol. The van der Waals surface area contributed by atoms with E-state index in [1.165, 1.54) is 43.6 Å². The average molecular weight is 265 g/mol. The summed E-state index contributed by atoms with van der Waals surface area (Å²) in [6.45, 7) is 0.404. The van der Waals surface area contributed by atoms with Crippen LogP contribution in [0.25, 0.3) is 0 Å². The topological polar surface area (TPSA) is 61.0 Å². The molecule has 0 saturated heterocycles. The molecule has 4 nitrogen and oxygen atoms in total. The van der Waals surface area contributed by atoms with Crippen LogP contribution in [-0.2, 0) is 6.54 Å². The van der Waals surface area contributed by atoms with Gasteiger partial charge in [0.05, 0.1) is 6.54 Å². The zero-order chi connectivity index (χ0) is 12.1. The molecule has 98 valence electrons. The molecule has 4 aliphatic carbocycles. The summed E-state index contributed by atoms with van der Waals surface area (Å²) < 4.78 is 10.4. The molecule has 4 fully saturated rings. The summed E-state index contributed by atoms with van der Waals surface area (Å²) in [6.07, 6.45) is 7.38. The van der Waals surface area contributed by atoms with Crippen molar-refractivity contribution in [3.05, 3.63) is 5.82 Å². The maximum absolute atomic E-state index is 6.16. The molecular formula is C13H19N3OS. The second-order valence-electron chi connectivity index (χ2n) is 6.19. The molecule has 0 aromatic carbocycles. The van der Waals surface area contributed by atoms with Gasteiger partial charge in [0.15, 0.2) is 5.82 Å². The Morgan fingerprint density at radius 3 is 2.33 bits per heavy atom. The number of nitrogens with zero attached hydrogens (tertiary/aromatic N) is 2. The van der Waals surface area contributed by atoms with Gasteiger partial charge < -0.3 is 10.5 Å². The molecule has 0 atom stereocenters. The van der Waals surface area contributed by atoms with E-state index in [-0.39, 0.29) is 0 Å². The van der Waals surface area contributed by atoms with Crippen molar-refractivity contribution in [1.29, 1.82) is 0 Å². The molecule has 4 saturated carbocycles. The fraction of sp³-hybridized carbons (Fsp3) is 0.846. The smallest absolute Gasteiger partial charge is 0.293 e. The van der Waals surface area contributed by atoms with Crippen LogP contribution in [0.2, 0.25) is 0 Å². The van der Waals surface area contributed by atoms with Crippen molar-refractivity contribution < 1.29 is 4.74 Å². The van der Waals surface area contributed by atoms with Crippen molar-refractivity contribution in [1.82, 2.24) is 9.36 Å². The molecule has 1 heterocycles. The second-order valence-corrected chi connectivity index (χ2v) is 6.91. The van der Waals surface area contributed by atoms with Crippen molar-refractivity contribution >= 4 is 11.5 Å². The van der Waals surface area contributed by atoms with Crippen LogP contribution in [0.1, 0.15) is 37.9 Å². The van der Waals surface area contributed by atoms with Crippen molar-refractivity contribution in [2.75, 3.05) is 0 Å². The van der Waals surface area contributed by atoms with Crippen molar-refractivity contribution in [2.24, 2.45) is 29.4 Å². The van der Waals surface area contributed by atoms with Gasteiger partial charge in [-0.05, 0) is 55.8 Å². The number of hydrogen-bond acceptors (Lipinski definition) is 5. The molecule has 0 amide bonds. The van der Waals surface area contributed by atoms with E-state index in [9.17, 15) is 0 Å². The quantitative estimate of drug-likeness (QED) is 0.910. The summed E-state index contributed by atoms with van der Waals surface area (Å²) in [5, 5.41) is 0.730. The Morgan fingerprint density at radius 1 is 1.11 bits per heavy atom. The van der Waals surface area contributed by atoms with E-state index in [2.05, 4.69) is 9.36 Å². The third-order valence-corrected chi connectivity index (χ3v) is 5.65. The zero-order valence-corrected chi connectivity index (χ0v) is 11.2. The van der Waals surface area contributed by atoms with Crippen LogP contribution in [0, 0.1) is 23.7 Å². The molecule has 1 aromatic rings. The molecule has 5 heteroatoms. The number of aromatic nitrogens is 2. The lowest BCUT2D eigenvalue weighted by Gasteiger charge is -2.53. The molecule has 18 heavy (non-hydrogen) atoms. The van der Waals surface area contributed by atoms with Gasteiger partial charge in [-0.2, -0.15) is 9.36 Å². The number of nitrogens with two attached hydrogens (primary N) is 1. The Morgan fingerprint density at radius 2 is 1.78 bits per heavy atom. The van der Waals surface area contributed by atoms with Crippen LogP contribution < -0.4 is 10.5 Å². The van der Waals surface area contributed by atoms with E-state index in [1.807, 2.05) is 0 Å². The minimum absolute atomic E-state index is 0.399. The average Bonchev–Trinajstić information content (AvgIpc) is 2.80. The number of hydrogen-bond donors (Lipinski definition) is 1. The summed E-state index contributed by atoms with van der Waals surface area (Å²) in [7, 11) is 0. The standard InChI is InChI=1S/C13H19N3OS/c14-6-11-15-13(18-16-11)17-12-9-2-7-1-8(4-9)5-10(12)3-7/h7-10,12H,1-6,14H2. The Labute approximate surface area is 111 Å². The van der Waals surface area contributed by atoms with Crippen LogP contribution in [0.4, 0.5) is 0 Å². The fourth-order valence-corrected chi connectivity index (χ4v) is 5.15. The summed E-state index contributed by atoms with van der Waals surface area (Å²) in [5.74, 6) is 4.22. The summed E-state index contributed by atoms with van der Waals surface area (Å²) in [6, 6.07) is 0. The molecule has 2 N–H and O–H groups in total. The third kappa shape index (κ3) is 1.75. The summed E-state index contributed by atoms with van der Waals surface area (Å²) >= 11 is 1.36. The third-order valence-electron chi connectivity index (χ3n) is 5.01. The van der Waals surface area contributed by atoms with E-state index in [0.29, 0.717) is 18.5 Å². The first kappa shape index (κ1) is 11.2. The van der Waals surface area contributed by atoms with Gasteiger partial charge in [-0.25, -0.2) is 0 Å². The first-order valence-corrected chi connectivity index (χ1v) is 7.78. The van der Waals surface area contributed by atoms with Crippen molar-refractivity contribution in [3.8, 4) is 5.19 Å². The van der Waals surface area contributed by atoms with E-state index in [1.54, 1.807) is 0 Å². The van der Waals surface area contributed by atoms with Gasteiger partial charge in [0.1, 0.15) is 6.10 Å². The lowest BCUT2D eigenvalue weighted by atomic mass is 9.55. The number of rotatable bonds is 3. The van der Waals surface area contributed by atoms with Gasteiger partial charge >= 0.3 is 0 Å². The highest BCUT2D eigenvalue weighted by atomic mass is 32.1. The van der Waals surface area contributed by atoms with Gasteiger partial charge in [0.2, 0.25) is 0 Å². The normalized spacial score (nSPS) is 41.3. The highest BCUT2D eigenvalue weighted by Gasteiger charge is 2.49. The van der Waals surface area contributed by atoms with E-state index in [4.69, 9.17) is 10.5 Å². The van der Waals surface area contributed by atoms with Crippen LogP contribution >= 0.6 is 11.5 Å². The zero-order valence-electron chi connectivity index (χ0n) is 10.4. The van der Waals surface area contributed by atoms with Crippen LogP contribution in [0.3, 0.4) is 0 Å². The van der Waals surface area contributed by atoms with E-state index >= 15 is 0 Å². The Kier molecular flexibility index (Phi) is 2.59. The fourth-order valence-electron chi connectivity index (χ4n) is 4.55. The molecular weight excluding hydrogens is 246 g/mol. The Bertz CT molecular complexity index is 419. The van der Waals surface area contributed by atoms with Gasteiger partial charge in [-0.3, -0.25) is 0 Å². The Hall–Kier alpha value is -0.680. The van der Waals surface area contributed by atoms with E-state index in [0.717, 1.165) is 28.9 Å². The molecule has 1 aromatic heterocycles. The van der Waals surface area contributed by atoms with Crippen LogP contribution in [0.15, 0.2) is 0 Å². The first-order chi connectivity index (χ1) is 8.81. The maximum Gasteiger partial charge on any atom is 0.293 e. The molecule has 4 bridgehead atoms. The minimum atomic E-state index is 0.399. The SMILES string of the molecule is NCc1nsc(OC2C3CC4CC(C3)CC2C4)n1. The van der Waals surface area contributed by atoms with Gasteiger partial charge in [0.25, 0.3) is 5.19 Å². The molecule has 4 aliphatic rings. The second kappa shape index (κ2) is 4.17. The first-order valence-electron chi connectivity index (χ1n) is 7.01. The van der Waals surface area contributed by atoms with Crippen LogP contribution in [0.5, 0.6) is 5.19 Å². The predicted molar refractivity (Wildman–Crippen MR) is 69.3 cm³/mol. The lowest BCUT2D eigenvalue weighted by Crippen LogP contribution is -2.50. The maximum atomic E-state index is 6.16. The highest BCUT2D eigenvalue weighted by molar-refractivity contribution is 7.07. The van der Waals surface area contributed by atoms with Gasteiger partial charge in [0, 0.05) is 11.5 Å². The summed E-state index contributed by atoms with van der Waals surface area (Å²) in [4.78, 5) is 4.34. The summed E-state index contributed by atoms with van der Waals surface area (Å²) in [5.41, 5.74) is 5.54. The van der Waals surface area contributed by atoms with Crippen LogP contribution in [-0.4, -0.2) is 15.5 Å².